The van der Waals surface area contributed by atoms with E-state index in [-0.39, 0.29) is 24.4 Å². The van der Waals surface area contributed by atoms with Crippen LogP contribution in [0.2, 0.25) is 0 Å². The fraction of sp³-hybridized carbons (Fsp3) is 0.467. The second kappa shape index (κ2) is 7.22. The van der Waals surface area contributed by atoms with Crippen molar-refractivity contribution in [2.24, 2.45) is 0 Å². The van der Waals surface area contributed by atoms with Gasteiger partial charge in [-0.05, 0) is 24.3 Å². The highest BCUT2D eigenvalue weighted by atomic mass is 19.1. The first-order chi connectivity index (χ1) is 10.5. The van der Waals surface area contributed by atoms with E-state index in [0.717, 1.165) is 0 Å². The first-order valence-corrected chi connectivity index (χ1v) is 6.83. The van der Waals surface area contributed by atoms with E-state index in [2.05, 4.69) is 0 Å². The van der Waals surface area contributed by atoms with Gasteiger partial charge >= 0.3 is 5.97 Å². The van der Waals surface area contributed by atoms with Crippen molar-refractivity contribution in [1.29, 1.82) is 0 Å². The molecule has 1 aromatic rings. The maximum atomic E-state index is 12.8. The number of hydrogen-bond acceptors (Lipinski definition) is 5. The normalized spacial score (nSPS) is 20.8. The summed E-state index contributed by atoms with van der Waals surface area (Å²) in [6.07, 6.45) is 0.185. The van der Waals surface area contributed by atoms with Crippen LogP contribution in [0.5, 0.6) is 5.75 Å². The molecule has 22 heavy (non-hydrogen) atoms. The van der Waals surface area contributed by atoms with Crippen molar-refractivity contribution >= 4 is 11.9 Å². The predicted molar refractivity (Wildman–Crippen MR) is 74.8 cm³/mol. The van der Waals surface area contributed by atoms with Crippen LogP contribution in [0, 0.1) is 5.82 Å². The van der Waals surface area contributed by atoms with Gasteiger partial charge in [-0.25, -0.2) is 9.18 Å². The molecule has 1 saturated heterocycles. The van der Waals surface area contributed by atoms with Crippen molar-refractivity contribution in [3.63, 3.8) is 0 Å². The summed E-state index contributed by atoms with van der Waals surface area (Å²) in [5, 5.41) is 0. The number of esters is 1. The fourth-order valence-electron chi connectivity index (χ4n) is 2.36. The zero-order valence-electron chi connectivity index (χ0n) is 12.5. The predicted octanol–water partition coefficient (Wildman–Crippen LogP) is 0.993. The molecule has 1 aromatic carbocycles. The van der Waals surface area contributed by atoms with Crippen LogP contribution in [0.25, 0.3) is 0 Å². The highest BCUT2D eigenvalue weighted by Crippen LogP contribution is 2.21. The first-order valence-electron chi connectivity index (χ1n) is 6.83. The van der Waals surface area contributed by atoms with Crippen LogP contribution in [0.3, 0.4) is 0 Å². The molecule has 0 saturated carbocycles. The third-order valence-electron chi connectivity index (χ3n) is 3.57. The number of hydrogen-bond donors (Lipinski definition) is 0. The van der Waals surface area contributed by atoms with Gasteiger partial charge in [-0.1, -0.05) is 0 Å². The third kappa shape index (κ3) is 3.73. The Bertz CT molecular complexity index is 533. The Labute approximate surface area is 127 Å². The lowest BCUT2D eigenvalue weighted by molar-refractivity contribution is -0.151. The fourth-order valence-corrected chi connectivity index (χ4v) is 2.36. The average Bonchev–Trinajstić information content (AvgIpc) is 2.97. The van der Waals surface area contributed by atoms with Crippen LogP contribution >= 0.6 is 0 Å². The Morgan fingerprint density at radius 2 is 1.95 bits per heavy atom. The van der Waals surface area contributed by atoms with E-state index in [0.29, 0.717) is 18.7 Å². The summed E-state index contributed by atoms with van der Waals surface area (Å²) in [6, 6.07) is 4.69. The summed E-state index contributed by atoms with van der Waals surface area (Å²) in [7, 11) is 2.81. The van der Waals surface area contributed by atoms with Crippen molar-refractivity contribution in [3.05, 3.63) is 30.1 Å². The minimum atomic E-state index is -0.667. The monoisotopic (exact) mass is 311 g/mol. The lowest BCUT2D eigenvalue weighted by Gasteiger charge is -2.22. The number of likely N-dealkylation sites (tertiary alicyclic amines) is 1. The molecular weight excluding hydrogens is 293 g/mol. The number of amides is 1. The van der Waals surface area contributed by atoms with E-state index in [4.69, 9.17) is 14.2 Å². The molecule has 7 heteroatoms. The smallest absolute Gasteiger partial charge is 0.328 e. The number of carbonyl (C=O) groups is 2. The van der Waals surface area contributed by atoms with E-state index in [1.165, 1.54) is 43.4 Å². The van der Waals surface area contributed by atoms with Gasteiger partial charge in [0, 0.05) is 20.1 Å². The molecule has 0 radical (unpaired) electrons. The molecule has 1 aliphatic rings. The van der Waals surface area contributed by atoms with E-state index >= 15 is 0 Å². The topological polar surface area (TPSA) is 65.1 Å². The molecule has 1 fully saturated rings. The van der Waals surface area contributed by atoms with E-state index in [1.54, 1.807) is 0 Å². The van der Waals surface area contributed by atoms with Crippen LogP contribution < -0.4 is 4.74 Å². The van der Waals surface area contributed by atoms with Crippen molar-refractivity contribution < 1.29 is 28.2 Å². The quantitative estimate of drug-likeness (QED) is 0.759. The second-order valence-corrected chi connectivity index (χ2v) is 4.92. The Kier molecular flexibility index (Phi) is 5.32. The molecule has 1 amide bonds. The number of rotatable bonds is 5. The zero-order chi connectivity index (χ0) is 16.1. The number of benzene rings is 1. The standard InChI is InChI=1S/C15H18FNO5/c1-20-12-7-13(15(19)21-2)17(8-12)14(18)9-22-11-5-3-10(16)4-6-11/h3-6,12-13H,7-9H2,1-2H3. The van der Waals surface area contributed by atoms with Gasteiger partial charge in [0.1, 0.15) is 17.6 Å². The molecule has 0 spiro atoms. The van der Waals surface area contributed by atoms with Gasteiger partial charge in [0.2, 0.25) is 0 Å². The van der Waals surface area contributed by atoms with Crippen LogP contribution in [-0.4, -0.2) is 56.3 Å². The molecule has 6 nitrogen and oxygen atoms in total. The summed E-state index contributed by atoms with van der Waals surface area (Å²) in [5.41, 5.74) is 0. The molecule has 1 heterocycles. The maximum Gasteiger partial charge on any atom is 0.328 e. The number of carbonyl (C=O) groups excluding carboxylic acids is 2. The lowest BCUT2D eigenvalue weighted by atomic mass is 10.2. The minimum absolute atomic E-state index is 0.209. The molecule has 120 valence electrons. The molecular formula is C15H18FNO5. The SMILES string of the molecule is COC(=O)C1CC(OC)CN1C(=O)COc1ccc(F)cc1. The number of ether oxygens (including phenoxy) is 3. The summed E-state index contributed by atoms with van der Waals surface area (Å²) >= 11 is 0. The molecule has 1 aliphatic heterocycles. The Morgan fingerprint density at radius 3 is 2.55 bits per heavy atom. The van der Waals surface area contributed by atoms with Gasteiger partial charge in [-0.15, -0.1) is 0 Å². The average molecular weight is 311 g/mol. The van der Waals surface area contributed by atoms with Gasteiger partial charge in [-0.2, -0.15) is 0 Å². The minimum Gasteiger partial charge on any atom is -0.484 e. The molecule has 0 aromatic heterocycles. The van der Waals surface area contributed by atoms with Gasteiger partial charge < -0.3 is 19.1 Å². The zero-order valence-corrected chi connectivity index (χ0v) is 12.5. The largest absolute Gasteiger partial charge is 0.484 e. The van der Waals surface area contributed by atoms with Gasteiger partial charge in [0.05, 0.1) is 13.2 Å². The van der Waals surface area contributed by atoms with Crippen LogP contribution in [0.4, 0.5) is 4.39 Å². The molecule has 0 bridgehead atoms. The van der Waals surface area contributed by atoms with Crippen LogP contribution in [0.15, 0.2) is 24.3 Å². The highest BCUT2D eigenvalue weighted by Gasteiger charge is 2.40. The van der Waals surface area contributed by atoms with Gasteiger partial charge in [0.25, 0.3) is 5.91 Å². The molecule has 0 N–H and O–H groups in total. The Hall–Kier alpha value is -2.15. The molecule has 2 rings (SSSR count). The van der Waals surface area contributed by atoms with Gasteiger partial charge in [-0.3, -0.25) is 4.79 Å². The Morgan fingerprint density at radius 1 is 1.27 bits per heavy atom. The molecule has 2 unspecified atom stereocenters. The van der Waals surface area contributed by atoms with Crippen molar-refractivity contribution in [2.45, 2.75) is 18.6 Å². The summed E-state index contributed by atoms with van der Waals surface area (Å²) in [5.74, 6) is -0.826. The third-order valence-corrected chi connectivity index (χ3v) is 3.57. The maximum absolute atomic E-state index is 12.8. The molecule has 2 atom stereocenters. The van der Waals surface area contributed by atoms with Crippen molar-refractivity contribution in [3.8, 4) is 5.75 Å². The van der Waals surface area contributed by atoms with Gasteiger partial charge in [0.15, 0.2) is 6.61 Å². The van der Waals surface area contributed by atoms with E-state index in [9.17, 15) is 14.0 Å². The number of methoxy groups -OCH3 is 2. The Balaban J connectivity index is 1.97. The van der Waals surface area contributed by atoms with Crippen LogP contribution in [-0.2, 0) is 19.1 Å². The van der Waals surface area contributed by atoms with E-state index < -0.39 is 12.0 Å². The summed E-state index contributed by atoms with van der Waals surface area (Å²) in [6.45, 7) is 0.0669. The highest BCUT2D eigenvalue weighted by molar-refractivity contribution is 5.86. The van der Waals surface area contributed by atoms with Crippen molar-refractivity contribution in [2.75, 3.05) is 27.4 Å². The van der Waals surface area contributed by atoms with Crippen LogP contribution in [0.1, 0.15) is 6.42 Å². The number of nitrogens with zero attached hydrogens (tertiary/aromatic N) is 1. The van der Waals surface area contributed by atoms with E-state index in [1.807, 2.05) is 0 Å². The van der Waals surface area contributed by atoms with Crippen molar-refractivity contribution in [1.82, 2.24) is 4.90 Å². The summed E-state index contributed by atoms with van der Waals surface area (Å²) in [4.78, 5) is 25.4. The molecule has 0 aliphatic carbocycles. The second-order valence-electron chi connectivity index (χ2n) is 4.92. The first kappa shape index (κ1) is 16.2. The number of halogens is 1. The summed E-state index contributed by atoms with van der Waals surface area (Å²) < 4.78 is 28.0. The lowest BCUT2D eigenvalue weighted by Crippen LogP contribution is -2.43.